The number of aromatic nitrogens is 3. The summed E-state index contributed by atoms with van der Waals surface area (Å²) in [7, 11) is 0. The molecule has 23 heavy (non-hydrogen) atoms. The fraction of sp³-hybridized carbons (Fsp3) is 0.824. The van der Waals surface area contributed by atoms with Gasteiger partial charge >= 0.3 is 0 Å². The van der Waals surface area contributed by atoms with Crippen LogP contribution in [0.2, 0.25) is 0 Å². The van der Waals surface area contributed by atoms with Crippen molar-refractivity contribution in [3.05, 3.63) is 11.9 Å². The number of hydrogen-bond donors (Lipinski definition) is 1. The Morgan fingerprint density at radius 2 is 2.04 bits per heavy atom. The predicted molar refractivity (Wildman–Crippen MR) is 90.8 cm³/mol. The Bertz CT molecular complexity index is 509. The lowest BCUT2D eigenvalue weighted by Gasteiger charge is -2.32. The van der Waals surface area contributed by atoms with Gasteiger partial charge in [-0.15, -0.1) is 5.10 Å². The minimum atomic E-state index is -0.467. The first kappa shape index (κ1) is 17.9. The first-order valence-corrected chi connectivity index (χ1v) is 8.76. The van der Waals surface area contributed by atoms with Crippen LogP contribution in [-0.4, -0.2) is 38.9 Å². The maximum Gasteiger partial charge on any atom is 0.222 e. The molecule has 1 amide bonds. The molecule has 1 aromatic rings. The zero-order chi connectivity index (χ0) is 17.0. The highest BCUT2D eigenvalue weighted by Gasteiger charge is 2.26. The van der Waals surface area contributed by atoms with Crippen LogP contribution in [0.4, 0.5) is 0 Å². The highest BCUT2D eigenvalue weighted by Crippen LogP contribution is 2.24. The van der Waals surface area contributed by atoms with Crippen molar-refractivity contribution in [2.45, 2.75) is 71.4 Å². The SMILES string of the molecule is CC(C)CCCC(=O)N1CCC(n2cc(C(C)(C)N)nn2)CC1. The van der Waals surface area contributed by atoms with E-state index in [1.54, 1.807) is 0 Å². The lowest BCUT2D eigenvalue weighted by molar-refractivity contribution is -0.132. The summed E-state index contributed by atoms with van der Waals surface area (Å²) in [5.41, 5.74) is 6.40. The number of rotatable bonds is 6. The standard InChI is InChI=1S/C17H31N5O/c1-13(2)6-5-7-16(23)21-10-8-14(9-11-21)22-12-15(19-20-22)17(3,4)18/h12-14H,5-11,18H2,1-4H3. The number of carbonyl (C=O) groups excluding carboxylic acids is 1. The Kier molecular flexibility index (Phi) is 5.79. The minimum Gasteiger partial charge on any atom is -0.343 e. The monoisotopic (exact) mass is 321 g/mol. The molecule has 1 fully saturated rings. The number of piperidine rings is 1. The molecule has 1 saturated heterocycles. The van der Waals surface area contributed by atoms with Crippen molar-refractivity contribution >= 4 is 5.91 Å². The third-order valence-electron chi connectivity index (χ3n) is 4.53. The lowest BCUT2D eigenvalue weighted by atomic mass is 10.0. The van der Waals surface area contributed by atoms with Gasteiger partial charge in [0.25, 0.3) is 0 Å². The number of likely N-dealkylation sites (tertiary alicyclic amines) is 1. The van der Waals surface area contributed by atoms with Gasteiger partial charge in [0.05, 0.1) is 17.8 Å². The van der Waals surface area contributed by atoms with Crippen LogP contribution in [-0.2, 0) is 10.3 Å². The molecule has 0 aliphatic carbocycles. The van der Waals surface area contributed by atoms with Crippen LogP contribution < -0.4 is 5.73 Å². The Hall–Kier alpha value is -1.43. The molecule has 0 aromatic carbocycles. The highest BCUT2D eigenvalue weighted by atomic mass is 16.2. The van der Waals surface area contributed by atoms with E-state index in [9.17, 15) is 4.79 Å². The van der Waals surface area contributed by atoms with Crippen molar-refractivity contribution in [3.8, 4) is 0 Å². The van der Waals surface area contributed by atoms with E-state index in [0.29, 0.717) is 24.3 Å². The van der Waals surface area contributed by atoms with E-state index in [1.807, 2.05) is 29.6 Å². The molecule has 6 nitrogen and oxygen atoms in total. The van der Waals surface area contributed by atoms with Gasteiger partial charge in [-0.1, -0.05) is 25.5 Å². The zero-order valence-electron chi connectivity index (χ0n) is 15.0. The first-order chi connectivity index (χ1) is 10.8. The Morgan fingerprint density at radius 3 is 2.57 bits per heavy atom. The average Bonchev–Trinajstić information content (AvgIpc) is 2.97. The molecule has 1 aliphatic rings. The molecule has 2 rings (SSSR count). The van der Waals surface area contributed by atoms with E-state index in [0.717, 1.165) is 44.5 Å². The van der Waals surface area contributed by atoms with Gasteiger partial charge < -0.3 is 10.6 Å². The van der Waals surface area contributed by atoms with Crippen LogP contribution in [0.25, 0.3) is 0 Å². The molecule has 2 heterocycles. The molecule has 0 unspecified atom stereocenters. The molecule has 0 atom stereocenters. The first-order valence-electron chi connectivity index (χ1n) is 8.76. The number of amides is 1. The average molecular weight is 321 g/mol. The molecule has 1 aliphatic heterocycles. The number of nitrogens with zero attached hydrogens (tertiary/aromatic N) is 4. The van der Waals surface area contributed by atoms with Gasteiger partial charge in [0.1, 0.15) is 5.69 Å². The van der Waals surface area contributed by atoms with Crippen LogP contribution in [0.15, 0.2) is 6.20 Å². The van der Waals surface area contributed by atoms with Crippen LogP contribution >= 0.6 is 0 Å². The maximum absolute atomic E-state index is 12.2. The molecule has 6 heteroatoms. The summed E-state index contributed by atoms with van der Waals surface area (Å²) in [6, 6.07) is 0.318. The molecule has 0 spiro atoms. The van der Waals surface area contributed by atoms with Gasteiger partial charge in [0, 0.05) is 19.5 Å². The fourth-order valence-corrected chi connectivity index (χ4v) is 2.95. The van der Waals surface area contributed by atoms with Crippen molar-refractivity contribution in [1.29, 1.82) is 0 Å². The van der Waals surface area contributed by atoms with Crippen molar-refractivity contribution in [1.82, 2.24) is 19.9 Å². The zero-order valence-corrected chi connectivity index (χ0v) is 15.0. The molecule has 2 N–H and O–H groups in total. The molecular weight excluding hydrogens is 290 g/mol. The van der Waals surface area contributed by atoms with Crippen molar-refractivity contribution < 1.29 is 4.79 Å². The van der Waals surface area contributed by atoms with Crippen LogP contribution in [0.1, 0.15) is 71.5 Å². The van der Waals surface area contributed by atoms with Gasteiger partial charge in [-0.2, -0.15) is 0 Å². The van der Waals surface area contributed by atoms with E-state index in [4.69, 9.17) is 5.73 Å². The predicted octanol–water partition coefficient (Wildman–Crippen LogP) is 2.46. The summed E-state index contributed by atoms with van der Waals surface area (Å²) in [4.78, 5) is 14.2. The lowest BCUT2D eigenvalue weighted by Crippen LogP contribution is -2.39. The van der Waals surface area contributed by atoms with Crippen LogP contribution in [0.3, 0.4) is 0 Å². The summed E-state index contributed by atoms with van der Waals surface area (Å²) >= 11 is 0. The number of hydrogen-bond acceptors (Lipinski definition) is 4. The third kappa shape index (κ3) is 5.03. The summed E-state index contributed by atoms with van der Waals surface area (Å²) < 4.78 is 1.92. The van der Waals surface area contributed by atoms with Gasteiger partial charge in [0.2, 0.25) is 5.91 Å². The van der Waals surface area contributed by atoms with E-state index < -0.39 is 5.54 Å². The van der Waals surface area contributed by atoms with E-state index in [1.165, 1.54) is 0 Å². The summed E-state index contributed by atoms with van der Waals surface area (Å²) in [5.74, 6) is 0.966. The maximum atomic E-state index is 12.2. The molecule has 0 bridgehead atoms. The second-order valence-corrected chi connectivity index (χ2v) is 7.70. The highest BCUT2D eigenvalue weighted by molar-refractivity contribution is 5.76. The quantitative estimate of drug-likeness (QED) is 0.873. The van der Waals surface area contributed by atoms with Crippen molar-refractivity contribution in [3.63, 3.8) is 0 Å². The Labute approximate surface area is 139 Å². The smallest absolute Gasteiger partial charge is 0.222 e. The number of carbonyl (C=O) groups is 1. The summed E-state index contributed by atoms with van der Waals surface area (Å²) in [6.07, 6.45) is 6.61. The summed E-state index contributed by atoms with van der Waals surface area (Å²) in [6.45, 7) is 9.88. The molecule has 130 valence electrons. The Morgan fingerprint density at radius 1 is 1.39 bits per heavy atom. The van der Waals surface area contributed by atoms with Crippen molar-refractivity contribution in [2.75, 3.05) is 13.1 Å². The van der Waals surface area contributed by atoms with Gasteiger partial charge in [-0.25, -0.2) is 4.68 Å². The third-order valence-corrected chi connectivity index (χ3v) is 4.53. The number of nitrogens with two attached hydrogens (primary N) is 1. The van der Waals surface area contributed by atoms with Gasteiger partial charge in [-0.05, 0) is 39.0 Å². The van der Waals surface area contributed by atoms with Gasteiger partial charge in [0.15, 0.2) is 0 Å². The molecule has 0 saturated carbocycles. The van der Waals surface area contributed by atoms with Crippen LogP contribution in [0, 0.1) is 5.92 Å². The second-order valence-electron chi connectivity index (χ2n) is 7.70. The second kappa shape index (κ2) is 7.43. The van der Waals surface area contributed by atoms with E-state index in [-0.39, 0.29) is 0 Å². The molecular formula is C17H31N5O. The Balaban J connectivity index is 1.81. The fourth-order valence-electron chi connectivity index (χ4n) is 2.95. The van der Waals surface area contributed by atoms with E-state index in [2.05, 4.69) is 24.2 Å². The molecule has 1 aromatic heterocycles. The summed E-state index contributed by atoms with van der Waals surface area (Å²) in [5, 5.41) is 8.41. The normalized spacial score (nSPS) is 17.0. The van der Waals surface area contributed by atoms with E-state index >= 15 is 0 Å². The topological polar surface area (TPSA) is 77.0 Å². The van der Waals surface area contributed by atoms with Crippen LogP contribution in [0.5, 0.6) is 0 Å². The van der Waals surface area contributed by atoms with Crippen molar-refractivity contribution in [2.24, 2.45) is 11.7 Å². The van der Waals surface area contributed by atoms with Gasteiger partial charge in [-0.3, -0.25) is 4.79 Å². The largest absolute Gasteiger partial charge is 0.343 e. The molecule has 0 radical (unpaired) electrons. The minimum absolute atomic E-state index is 0.298.